The zero-order valence-corrected chi connectivity index (χ0v) is 14.7. The van der Waals surface area contributed by atoms with E-state index in [-0.39, 0.29) is 23.1 Å². The Morgan fingerprint density at radius 2 is 1.72 bits per heavy atom. The molecule has 0 bridgehead atoms. The minimum atomic E-state index is -4.56. The van der Waals surface area contributed by atoms with E-state index in [1.54, 1.807) is 12.1 Å². The number of alkyl halides is 3. The molecule has 12 heteroatoms. The molecule has 1 aromatic carbocycles. The number of amides is 1. The van der Waals surface area contributed by atoms with Crippen LogP contribution < -0.4 is 16.2 Å². The lowest BCUT2D eigenvalue weighted by atomic mass is 10.2. The van der Waals surface area contributed by atoms with E-state index < -0.39 is 30.5 Å². The van der Waals surface area contributed by atoms with Gasteiger partial charge in [0.1, 0.15) is 17.3 Å². The third-order valence-electron chi connectivity index (χ3n) is 3.12. The van der Waals surface area contributed by atoms with Crippen LogP contribution in [0.2, 0.25) is 0 Å². The monoisotopic (exact) mass is 408 g/mol. The van der Waals surface area contributed by atoms with E-state index in [1.165, 1.54) is 18.2 Å². The summed E-state index contributed by atoms with van der Waals surface area (Å²) in [6.07, 6.45) is -2.74. The molecule has 1 amide bonds. The minimum Gasteiger partial charge on any atom is -0.468 e. The number of aromatic nitrogens is 2. The first-order valence-electron chi connectivity index (χ1n) is 7.81. The van der Waals surface area contributed by atoms with Gasteiger partial charge in [-0.05, 0) is 24.3 Å². The van der Waals surface area contributed by atoms with Crippen molar-refractivity contribution in [3.63, 3.8) is 0 Å². The number of ether oxygens (including phenoxy) is 2. The smallest absolute Gasteiger partial charge is 0.422 e. The summed E-state index contributed by atoms with van der Waals surface area (Å²) in [7, 11) is 0. The van der Waals surface area contributed by atoms with E-state index in [0.29, 0.717) is 5.56 Å². The van der Waals surface area contributed by atoms with Gasteiger partial charge in [0.05, 0.1) is 0 Å². The molecule has 0 radical (unpaired) electrons. The van der Waals surface area contributed by atoms with Crippen LogP contribution in [-0.2, 0) is 4.74 Å². The highest BCUT2D eigenvalue weighted by atomic mass is 19.4. The van der Waals surface area contributed by atoms with Crippen molar-refractivity contribution in [1.29, 1.82) is 10.8 Å². The number of nitrogens with zero attached hydrogens (tertiary/aromatic N) is 2. The molecule has 0 aliphatic heterocycles. The quantitative estimate of drug-likeness (QED) is 0.423. The summed E-state index contributed by atoms with van der Waals surface area (Å²) in [4.78, 5) is 19.3. The average molecular weight is 408 g/mol. The van der Waals surface area contributed by atoms with Gasteiger partial charge in [-0.1, -0.05) is 0 Å². The number of nitrogens with one attached hydrogen (secondary N) is 2. The van der Waals surface area contributed by atoms with Crippen LogP contribution in [-0.4, -0.2) is 40.5 Å². The molecule has 0 saturated carbocycles. The second-order valence-corrected chi connectivity index (χ2v) is 5.46. The second kappa shape index (κ2) is 8.82. The van der Waals surface area contributed by atoms with E-state index in [0.717, 1.165) is 12.2 Å². The van der Waals surface area contributed by atoms with Crippen molar-refractivity contribution in [3.8, 4) is 17.1 Å². The Hall–Kier alpha value is -3.96. The van der Waals surface area contributed by atoms with Gasteiger partial charge in [-0.2, -0.15) is 13.2 Å². The third kappa shape index (κ3) is 6.93. The van der Waals surface area contributed by atoms with Crippen LogP contribution in [0.15, 0.2) is 42.5 Å². The fourth-order valence-electron chi connectivity index (χ4n) is 1.91. The number of rotatable bonds is 6. The third-order valence-corrected chi connectivity index (χ3v) is 3.12. The SMILES string of the molecule is N=C(/C=C\C(=N)Oc1ccc(-c2nc(N)cc(C(N)=O)n2)cc1)OCC(F)(F)F. The molecule has 9 nitrogen and oxygen atoms in total. The number of carbonyl (C=O) groups excluding carboxylic acids is 1. The predicted molar refractivity (Wildman–Crippen MR) is 97.6 cm³/mol. The number of nitrogen functional groups attached to an aromatic ring is 1. The minimum absolute atomic E-state index is 0.0464. The molecular weight excluding hydrogens is 393 g/mol. The first-order chi connectivity index (χ1) is 13.5. The Bertz CT molecular complexity index is 958. The zero-order chi connectivity index (χ0) is 21.6. The summed E-state index contributed by atoms with van der Waals surface area (Å²) in [6.45, 7) is -1.60. The van der Waals surface area contributed by atoms with Crippen molar-refractivity contribution in [2.24, 2.45) is 5.73 Å². The maximum absolute atomic E-state index is 12.0. The van der Waals surface area contributed by atoms with Gasteiger partial charge in [0.25, 0.3) is 5.91 Å². The van der Waals surface area contributed by atoms with Gasteiger partial charge in [-0.15, -0.1) is 0 Å². The van der Waals surface area contributed by atoms with Crippen LogP contribution >= 0.6 is 0 Å². The summed E-state index contributed by atoms with van der Waals surface area (Å²) >= 11 is 0. The number of anilines is 1. The van der Waals surface area contributed by atoms with Crippen molar-refractivity contribution in [2.75, 3.05) is 12.3 Å². The van der Waals surface area contributed by atoms with Crippen LogP contribution in [0.3, 0.4) is 0 Å². The molecule has 29 heavy (non-hydrogen) atoms. The Morgan fingerprint density at radius 3 is 2.31 bits per heavy atom. The van der Waals surface area contributed by atoms with Crippen molar-refractivity contribution in [1.82, 2.24) is 9.97 Å². The molecule has 2 aromatic rings. The topological polar surface area (TPSA) is 161 Å². The van der Waals surface area contributed by atoms with Crippen molar-refractivity contribution < 1.29 is 27.4 Å². The zero-order valence-electron chi connectivity index (χ0n) is 14.7. The molecule has 0 fully saturated rings. The molecule has 0 atom stereocenters. The maximum Gasteiger partial charge on any atom is 0.422 e. The van der Waals surface area contributed by atoms with Crippen LogP contribution in [0.5, 0.6) is 5.75 Å². The van der Waals surface area contributed by atoms with E-state index in [1.807, 2.05) is 0 Å². The highest BCUT2D eigenvalue weighted by Crippen LogP contribution is 2.21. The fraction of sp³-hybridized carbons (Fsp3) is 0.118. The summed E-state index contributed by atoms with van der Waals surface area (Å²) in [6, 6.07) is 7.27. The van der Waals surface area contributed by atoms with E-state index >= 15 is 0 Å². The molecular formula is C17H15F3N6O3. The lowest BCUT2D eigenvalue weighted by Crippen LogP contribution is -2.19. The Kier molecular flexibility index (Phi) is 6.49. The maximum atomic E-state index is 12.0. The average Bonchev–Trinajstić information content (AvgIpc) is 2.64. The summed E-state index contributed by atoms with van der Waals surface area (Å²) in [5.41, 5.74) is 11.3. The highest BCUT2D eigenvalue weighted by Gasteiger charge is 2.28. The number of primary amides is 1. The molecule has 1 aromatic heterocycles. The Balaban J connectivity index is 2.00. The summed E-state index contributed by atoms with van der Waals surface area (Å²) < 4.78 is 45.3. The molecule has 1 heterocycles. The predicted octanol–water partition coefficient (Wildman–Crippen LogP) is 2.29. The van der Waals surface area contributed by atoms with Gasteiger partial charge in [0.15, 0.2) is 12.4 Å². The molecule has 0 aliphatic rings. The van der Waals surface area contributed by atoms with Gasteiger partial charge in [0.2, 0.25) is 11.8 Å². The van der Waals surface area contributed by atoms with E-state index in [2.05, 4.69) is 14.7 Å². The van der Waals surface area contributed by atoms with Crippen LogP contribution in [0.4, 0.5) is 19.0 Å². The molecule has 0 aliphatic carbocycles. The molecule has 152 valence electrons. The number of benzene rings is 1. The summed E-state index contributed by atoms with van der Waals surface area (Å²) in [5, 5.41) is 14.8. The van der Waals surface area contributed by atoms with Crippen molar-refractivity contribution in [3.05, 3.63) is 48.2 Å². The molecule has 0 spiro atoms. The van der Waals surface area contributed by atoms with E-state index in [9.17, 15) is 18.0 Å². The lowest BCUT2D eigenvalue weighted by molar-refractivity contribution is -0.156. The van der Waals surface area contributed by atoms with Crippen molar-refractivity contribution >= 4 is 23.5 Å². The largest absolute Gasteiger partial charge is 0.468 e. The molecule has 0 saturated heterocycles. The molecule has 6 N–H and O–H groups in total. The number of hydrogen-bond acceptors (Lipinski definition) is 8. The van der Waals surface area contributed by atoms with Crippen LogP contribution in [0.1, 0.15) is 10.5 Å². The second-order valence-electron chi connectivity index (χ2n) is 5.46. The molecule has 2 rings (SSSR count). The van der Waals surface area contributed by atoms with Gasteiger partial charge in [-0.3, -0.25) is 15.6 Å². The Morgan fingerprint density at radius 1 is 1.10 bits per heavy atom. The first-order valence-corrected chi connectivity index (χ1v) is 7.81. The normalized spacial score (nSPS) is 11.3. The van der Waals surface area contributed by atoms with Crippen LogP contribution in [0, 0.1) is 10.8 Å². The number of carbonyl (C=O) groups is 1. The molecule has 0 unspecified atom stereocenters. The van der Waals surface area contributed by atoms with Crippen molar-refractivity contribution in [2.45, 2.75) is 6.18 Å². The van der Waals surface area contributed by atoms with Gasteiger partial charge >= 0.3 is 6.18 Å². The number of halogens is 3. The fourth-order valence-corrected chi connectivity index (χ4v) is 1.91. The lowest BCUT2D eigenvalue weighted by Gasteiger charge is -2.08. The number of hydrogen-bond donors (Lipinski definition) is 4. The van der Waals surface area contributed by atoms with Gasteiger partial charge in [-0.25, -0.2) is 9.97 Å². The first kappa shape index (κ1) is 21.3. The highest BCUT2D eigenvalue weighted by molar-refractivity contribution is 5.95. The summed E-state index contributed by atoms with van der Waals surface area (Å²) in [5.74, 6) is -1.51. The number of nitrogens with two attached hydrogens (primary N) is 2. The standard InChI is InChI=1S/C17H15F3N6O3/c18-17(19,20)8-28-13(22)5-6-14(23)29-10-3-1-9(2-4-10)16-25-11(15(24)27)7-12(21)26-16/h1-7,22-23H,8H2,(H2,24,27)(H2,21,25,26)/b6-5-,22-13?,23-14?. The van der Waals surface area contributed by atoms with Crippen LogP contribution in [0.25, 0.3) is 11.4 Å². The Labute approximate surface area is 162 Å². The van der Waals surface area contributed by atoms with Gasteiger partial charge in [0, 0.05) is 23.8 Å². The van der Waals surface area contributed by atoms with Gasteiger partial charge < -0.3 is 20.9 Å². The van der Waals surface area contributed by atoms with E-state index in [4.69, 9.17) is 27.0 Å².